The molecule has 0 fully saturated rings. The third-order valence-electron chi connectivity index (χ3n) is 3.58. The maximum atomic E-state index is 11.1. The molecule has 116 valence electrons. The molecule has 0 spiro atoms. The Hall–Kier alpha value is -2.31. The summed E-state index contributed by atoms with van der Waals surface area (Å²) in [7, 11) is -0.652. The number of esters is 1. The zero-order valence-electron chi connectivity index (χ0n) is 13.0. The minimum atomic E-state index is -0.652. The zero-order valence-corrected chi connectivity index (χ0v) is 13.9. The maximum absolute atomic E-state index is 11.1. The van der Waals surface area contributed by atoms with Gasteiger partial charge in [0.25, 0.3) is 0 Å². The normalized spacial score (nSPS) is 10.7. The Morgan fingerprint density at radius 2 is 1.52 bits per heavy atom. The predicted octanol–water partition coefficient (Wildman–Crippen LogP) is 3.23. The number of ether oxygens (including phenoxy) is 1. The fraction of sp³-hybridized carbons (Fsp3) is 0.100. The van der Waals surface area contributed by atoms with Crippen molar-refractivity contribution in [3.05, 3.63) is 84.4 Å². The molecule has 0 heterocycles. The van der Waals surface area contributed by atoms with Gasteiger partial charge in [0.05, 0.1) is 6.61 Å². The molecule has 23 heavy (non-hydrogen) atoms. The van der Waals surface area contributed by atoms with Crippen LogP contribution in [0.4, 0.5) is 0 Å². The summed E-state index contributed by atoms with van der Waals surface area (Å²) in [4.78, 5) is 11.1. The summed E-state index contributed by atoms with van der Waals surface area (Å²) in [5.74, 6) is -0.249. The van der Waals surface area contributed by atoms with Crippen molar-refractivity contribution in [3.8, 4) is 0 Å². The first-order valence-corrected chi connectivity index (χ1v) is 8.88. The first-order chi connectivity index (χ1) is 11.3. The molecule has 0 aromatic heterocycles. The van der Waals surface area contributed by atoms with Crippen molar-refractivity contribution in [1.29, 1.82) is 0 Å². The molecule has 0 saturated heterocycles. The van der Waals surface area contributed by atoms with E-state index in [-0.39, 0.29) is 5.97 Å². The van der Waals surface area contributed by atoms with E-state index in [4.69, 9.17) is 4.74 Å². The Morgan fingerprint density at radius 3 is 2.04 bits per heavy atom. The Labute approximate surface area is 137 Å². The van der Waals surface area contributed by atoms with Crippen LogP contribution in [0.1, 0.15) is 12.5 Å². The van der Waals surface area contributed by atoms with Crippen LogP contribution in [-0.2, 0) is 16.1 Å². The van der Waals surface area contributed by atoms with E-state index in [9.17, 15) is 4.79 Å². The number of hydrogen-bond acceptors (Lipinski definition) is 2. The second-order valence-corrected chi connectivity index (χ2v) is 7.41. The SMILES string of the molecule is CC(=O)OCc1cc[cH-]c1P(c1ccccc1)c1ccccc1. The second-order valence-electron chi connectivity index (χ2n) is 5.22. The molecule has 2 nitrogen and oxygen atoms in total. The minimum Gasteiger partial charge on any atom is -0.475 e. The van der Waals surface area contributed by atoms with E-state index in [0.29, 0.717) is 6.61 Å². The van der Waals surface area contributed by atoms with E-state index < -0.39 is 7.92 Å². The maximum Gasteiger partial charge on any atom is 0.301 e. The molecule has 0 radical (unpaired) electrons. The molecule has 0 unspecified atom stereocenters. The molecule has 0 aliphatic rings. The number of carbonyl (C=O) groups is 1. The quantitative estimate of drug-likeness (QED) is 0.410. The van der Waals surface area contributed by atoms with Crippen LogP contribution in [-0.4, -0.2) is 5.97 Å². The van der Waals surface area contributed by atoms with Crippen molar-refractivity contribution < 1.29 is 9.53 Å². The molecule has 3 rings (SSSR count). The standard InChI is InChI=1S/C20H18O2P/c1-16(21)22-15-17-9-8-14-20(17)23(18-10-4-2-5-11-18)19-12-6-3-7-13-19/h2-14H,15H2,1H3/q-1. The van der Waals surface area contributed by atoms with Crippen LogP contribution in [0.25, 0.3) is 0 Å². The van der Waals surface area contributed by atoms with Crippen LogP contribution in [0, 0.1) is 0 Å². The molecule has 0 atom stereocenters. The smallest absolute Gasteiger partial charge is 0.301 e. The third kappa shape index (κ3) is 3.72. The summed E-state index contributed by atoms with van der Waals surface area (Å²) in [5, 5.41) is 3.84. The number of benzene rings is 2. The van der Waals surface area contributed by atoms with Crippen LogP contribution in [0.3, 0.4) is 0 Å². The fourth-order valence-electron chi connectivity index (χ4n) is 2.55. The first kappa shape index (κ1) is 15.6. The molecular formula is C20H18O2P-. The lowest BCUT2D eigenvalue weighted by Crippen LogP contribution is -2.22. The molecule has 3 aromatic rings. The number of carbonyl (C=O) groups excluding carboxylic acids is 1. The lowest BCUT2D eigenvalue weighted by Gasteiger charge is -2.24. The van der Waals surface area contributed by atoms with Gasteiger partial charge in [0.2, 0.25) is 0 Å². The van der Waals surface area contributed by atoms with E-state index in [1.807, 2.05) is 24.3 Å². The van der Waals surface area contributed by atoms with Gasteiger partial charge in [0.15, 0.2) is 0 Å². The van der Waals surface area contributed by atoms with Gasteiger partial charge < -0.3 is 4.74 Å². The van der Waals surface area contributed by atoms with Crippen LogP contribution in [0.5, 0.6) is 0 Å². The van der Waals surface area contributed by atoms with Crippen molar-refractivity contribution in [2.45, 2.75) is 13.5 Å². The average Bonchev–Trinajstić information content (AvgIpc) is 3.03. The van der Waals surface area contributed by atoms with Crippen molar-refractivity contribution in [1.82, 2.24) is 0 Å². The van der Waals surface area contributed by atoms with Gasteiger partial charge in [-0.1, -0.05) is 60.7 Å². The van der Waals surface area contributed by atoms with Gasteiger partial charge >= 0.3 is 5.97 Å². The summed E-state index contributed by atoms with van der Waals surface area (Å²) in [6.07, 6.45) is 0. The molecule has 0 saturated carbocycles. The van der Waals surface area contributed by atoms with Gasteiger partial charge in [-0.2, -0.15) is 17.7 Å². The van der Waals surface area contributed by atoms with Gasteiger partial charge in [0, 0.05) is 6.92 Å². The van der Waals surface area contributed by atoms with E-state index in [1.54, 1.807) is 0 Å². The van der Waals surface area contributed by atoms with Crippen molar-refractivity contribution in [3.63, 3.8) is 0 Å². The Kier molecular flexibility index (Phi) is 4.95. The molecule has 0 aliphatic heterocycles. The molecule has 3 heteroatoms. The average molecular weight is 321 g/mol. The highest BCUT2D eigenvalue weighted by Crippen LogP contribution is 2.34. The van der Waals surface area contributed by atoms with E-state index in [2.05, 4.69) is 54.6 Å². The lowest BCUT2D eigenvalue weighted by atomic mass is 10.3. The molecule has 0 bridgehead atoms. The molecule has 0 amide bonds. The summed E-state index contributed by atoms with van der Waals surface area (Å²) in [6, 6.07) is 27.2. The van der Waals surface area contributed by atoms with E-state index in [1.165, 1.54) is 22.8 Å². The summed E-state index contributed by atoms with van der Waals surface area (Å²) < 4.78 is 5.22. The Balaban J connectivity index is 2.03. The summed E-state index contributed by atoms with van der Waals surface area (Å²) in [6.45, 7) is 1.77. The highest BCUT2D eigenvalue weighted by molar-refractivity contribution is 7.79. The van der Waals surface area contributed by atoms with Crippen molar-refractivity contribution in [2.24, 2.45) is 0 Å². The first-order valence-electron chi connectivity index (χ1n) is 7.54. The van der Waals surface area contributed by atoms with Gasteiger partial charge in [0.1, 0.15) is 0 Å². The number of rotatable bonds is 5. The topological polar surface area (TPSA) is 26.3 Å². The molecule has 3 aromatic carbocycles. The van der Waals surface area contributed by atoms with Crippen molar-refractivity contribution >= 4 is 29.8 Å². The van der Waals surface area contributed by atoms with Gasteiger partial charge in [-0.25, -0.2) is 6.07 Å². The largest absolute Gasteiger partial charge is 0.475 e. The highest BCUT2D eigenvalue weighted by Gasteiger charge is 2.15. The highest BCUT2D eigenvalue weighted by atomic mass is 31.1. The van der Waals surface area contributed by atoms with Gasteiger partial charge in [-0.3, -0.25) is 4.79 Å². The monoisotopic (exact) mass is 321 g/mol. The zero-order chi connectivity index (χ0) is 16.1. The van der Waals surface area contributed by atoms with Crippen LogP contribution >= 0.6 is 7.92 Å². The van der Waals surface area contributed by atoms with Crippen LogP contribution < -0.4 is 15.9 Å². The molecular weight excluding hydrogens is 303 g/mol. The summed E-state index contributed by atoms with van der Waals surface area (Å²) >= 11 is 0. The second kappa shape index (κ2) is 7.30. The van der Waals surface area contributed by atoms with Gasteiger partial charge in [-0.15, -0.1) is 5.30 Å². The third-order valence-corrected chi connectivity index (χ3v) is 6.13. The van der Waals surface area contributed by atoms with Gasteiger partial charge in [-0.05, 0) is 18.5 Å². The minimum absolute atomic E-state index is 0.249. The molecule has 0 N–H and O–H groups in total. The van der Waals surface area contributed by atoms with Crippen LogP contribution in [0.15, 0.2) is 78.9 Å². The Morgan fingerprint density at radius 1 is 0.957 bits per heavy atom. The molecule has 0 aliphatic carbocycles. The summed E-state index contributed by atoms with van der Waals surface area (Å²) in [5.41, 5.74) is 1.08. The van der Waals surface area contributed by atoms with Crippen molar-refractivity contribution in [2.75, 3.05) is 0 Å². The Bertz CT molecular complexity index is 723. The van der Waals surface area contributed by atoms with Crippen LogP contribution in [0.2, 0.25) is 0 Å². The fourth-order valence-corrected chi connectivity index (χ4v) is 5.01. The predicted molar refractivity (Wildman–Crippen MR) is 96.2 cm³/mol. The van der Waals surface area contributed by atoms with E-state index >= 15 is 0 Å². The van der Waals surface area contributed by atoms with E-state index in [0.717, 1.165) is 5.56 Å². The lowest BCUT2D eigenvalue weighted by molar-refractivity contribution is -0.142. The number of hydrogen-bond donors (Lipinski definition) is 0.